The predicted octanol–water partition coefficient (Wildman–Crippen LogP) is 7.15. The zero-order chi connectivity index (χ0) is 23.5. The number of hydrogen-bond donors (Lipinski definition) is 0. The van der Waals surface area contributed by atoms with Crippen LogP contribution in [0.25, 0.3) is 0 Å². The number of phosphoric acid groups is 1. The minimum absolute atomic E-state index is 0.0218. The van der Waals surface area contributed by atoms with Gasteiger partial charge in [-0.2, -0.15) is 0 Å². The average Bonchev–Trinajstić information content (AvgIpc) is 2.79. The van der Waals surface area contributed by atoms with Crippen molar-refractivity contribution in [1.82, 2.24) is 0 Å². The lowest BCUT2D eigenvalue weighted by atomic mass is 10.0. The minimum Gasteiger partial charge on any atom is -0.295 e. The van der Waals surface area contributed by atoms with Gasteiger partial charge in [0.15, 0.2) is 12.1 Å². The van der Waals surface area contributed by atoms with Crippen molar-refractivity contribution in [2.45, 2.75) is 105 Å². The van der Waals surface area contributed by atoms with Gasteiger partial charge in [-0.15, -0.1) is 0 Å². The molecular formula is C24H47O6P. The summed E-state index contributed by atoms with van der Waals surface area (Å²) in [5, 5.41) is 0. The van der Waals surface area contributed by atoms with Crippen LogP contribution in [0, 0.1) is 17.8 Å². The van der Waals surface area contributed by atoms with Crippen LogP contribution in [0.4, 0.5) is 0 Å². The number of aldehydes is 1. The molecule has 0 heterocycles. The number of Topliss-reactive ketones (excluding diaryl/α,β-unsaturated/α-hetero) is 1. The molecule has 0 spiro atoms. The summed E-state index contributed by atoms with van der Waals surface area (Å²) in [5.41, 5.74) is 0. The van der Waals surface area contributed by atoms with Gasteiger partial charge in [0.2, 0.25) is 0 Å². The molecule has 184 valence electrons. The molecule has 0 amide bonds. The Morgan fingerprint density at radius 2 is 1.13 bits per heavy atom. The van der Waals surface area contributed by atoms with E-state index in [1.54, 1.807) is 0 Å². The largest absolute Gasteiger partial charge is 0.474 e. The quantitative estimate of drug-likeness (QED) is 0.0965. The first-order valence-electron chi connectivity index (χ1n) is 12.4. The van der Waals surface area contributed by atoms with Crippen LogP contribution >= 0.6 is 7.82 Å². The minimum atomic E-state index is -3.69. The molecular weight excluding hydrogens is 415 g/mol. The van der Waals surface area contributed by atoms with Crippen LogP contribution in [-0.2, 0) is 27.7 Å². The Balaban J connectivity index is 5.01. The number of ketones is 1. The summed E-state index contributed by atoms with van der Waals surface area (Å²) in [5.74, 6) is 0.260. The van der Waals surface area contributed by atoms with E-state index in [0.29, 0.717) is 37.8 Å². The summed E-state index contributed by atoms with van der Waals surface area (Å²) in [6, 6.07) is 0. The lowest BCUT2D eigenvalue weighted by Crippen LogP contribution is -2.16. The Morgan fingerprint density at radius 3 is 1.45 bits per heavy atom. The van der Waals surface area contributed by atoms with Gasteiger partial charge in [0.05, 0.1) is 19.8 Å². The molecule has 3 unspecified atom stereocenters. The first kappa shape index (κ1) is 30.4. The van der Waals surface area contributed by atoms with E-state index in [2.05, 4.69) is 27.7 Å². The van der Waals surface area contributed by atoms with Crippen LogP contribution in [0.2, 0.25) is 0 Å². The highest BCUT2D eigenvalue weighted by atomic mass is 31.2. The lowest BCUT2D eigenvalue weighted by Gasteiger charge is -2.25. The number of unbranched alkanes of at least 4 members (excludes halogenated alkanes) is 2. The first-order valence-corrected chi connectivity index (χ1v) is 13.8. The van der Waals surface area contributed by atoms with Crippen LogP contribution in [0.15, 0.2) is 0 Å². The predicted molar refractivity (Wildman–Crippen MR) is 126 cm³/mol. The number of rotatable bonds is 22. The molecule has 31 heavy (non-hydrogen) atoms. The lowest BCUT2D eigenvalue weighted by molar-refractivity contribution is -0.130. The van der Waals surface area contributed by atoms with E-state index in [4.69, 9.17) is 13.6 Å². The SMILES string of the molecule is CCCCC(CC)COP(=O)(OCC(CC)CCCC)OCC(CC)CCC(=O)C=O. The van der Waals surface area contributed by atoms with Crippen molar-refractivity contribution in [2.24, 2.45) is 17.8 Å². The molecule has 0 aliphatic rings. The fraction of sp³-hybridized carbons (Fsp3) is 0.917. The number of carbonyl (C=O) groups excluding carboxylic acids is 2. The van der Waals surface area contributed by atoms with E-state index in [0.717, 1.165) is 57.8 Å². The Labute approximate surface area is 190 Å². The van der Waals surface area contributed by atoms with E-state index >= 15 is 0 Å². The Morgan fingerprint density at radius 1 is 0.742 bits per heavy atom. The second-order valence-corrected chi connectivity index (χ2v) is 10.2. The second kappa shape index (κ2) is 19.0. The van der Waals surface area contributed by atoms with Gasteiger partial charge in [-0.05, 0) is 37.0 Å². The third-order valence-electron chi connectivity index (χ3n) is 6.00. The van der Waals surface area contributed by atoms with Crippen LogP contribution in [0.5, 0.6) is 0 Å². The summed E-state index contributed by atoms with van der Waals surface area (Å²) >= 11 is 0. The van der Waals surface area contributed by atoms with Gasteiger partial charge in [-0.1, -0.05) is 79.6 Å². The summed E-state index contributed by atoms with van der Waals surface area (Å²) in [4.78, 5) is 21.9. The summed E-state index contributed by atoms with van der Waals surface area (Å²) in [7, 11) is -3.69. The van der Waals surface area contributed by atoms with Crippen molar-refractivity contribution >= 4 is 19.9 Å². The zero-order valence-electron chi connectivity index (χ0n) is 20.6. The molecule has 3 atom stereocenters. The molecule has 0 rings (SSSR count). The third-order valence-corrected chi connectivity index (χ3v) is 7.40. The second-order valence-electron chi connectivity index (χ2n) is 8.56. The summed E-state index contributed by atoms with van der Waals surface area (Å²) in [6.45, 7) is 11.5. The van der Waals surface area contributed by atoms with Crippen molar-refractivity contribution in [1.29, 1.82) is 0 Å². The standard InChI is InChI=1S/C24H47O6P/c1-6-11-13-21(8-3)18-28-31(27,29-19-22(9-4)14-12-7-2)30-20-23(10-5)15-16-24(26)17-25/h17,21-23H,6-16,18-20H2,1-5H3. The van der Waals surface area contributed by atoms with E-state index in [9.17, 15) is 14.2 Å². The average molecular weight is 463 g/mol. The van der Waals surface area contributed by atoms with Crippen LogP contribution in [0.1, 0.15) is 105 Å². The molecule has 0 aromatic rings. The highest BCUT2D eigenvalue weighted by Crippen LogP contribution is 2.51. The van der Waals surface area contributed by atoms with Gasteiger partial charge in [0.1, 0.15) is 0 Å². The molecule has 0 saturated carbocycles. The molecule has 0 bridgehead atoms. The summed E-state index contributed by atoms with van der Waals surface area (Å²) < 4.78 is 30.8. The molecule has 0 radical (unpaired) electrons. The van der Waals surface area contributed by atoms with Crippen molar-refractivity contribution in [3.8, 4) is 0 Å². The Hall–Kier alpha value is -0.550. The smallest absolute Gasteiger partial charge is 0.295 e. The molecule has 0 aromatic carbocycles. The number of carbonyl (C=O) groups is 2. The monoisotopic (exact) mass is 462 g/mol. The van der Waals surface area contributed by atoms with Gasteiger partial charge in [0.25, 0.3) is 0 Å². The maximum atomic E-state index is 13.4. The van der Waals surface area contributed by atoms with Crippen molar-refractivity contribution in [2.75, 3.05) is 19.8 Å². The Kier molecular flexibility index (Phi) is 18.6. The number of phosphoric ester groups is 1. The molecule has 6 nitrogen and oxygen atoms in total. The van der Waals surface area contributed by atoms with Crippen LogP contribution in [-0.4, -0.2) is 31.9 Å². The van der Waals surface area contributed by atoms with Crippen molar-refractivity contribution in [3.05, 3.63) is 0 Å². The molecule has 0 N–H and O–H groups in total. The molecule has 0 aliphatic carbocycles. The molecule has 0 saturated heterocycles. The van der Waals surface area contributed by atoms with E-state index in [1.165, 1.54) is 0 Å². The molecule has 0 fully saturated rings. The van der Waals surface area contributed by atoms with Crippen LogP contribution in [0.3, 0.4) is 0 Å². The maximum absolute atomic E-state index is 13.4. The highest BCUT2D eigenvalue weighted by molar-refractivity contribution is 7.48. The van der Waals surface area contributed by atoms with E-state index in [1.807, 2.05) is 6.92 Å². The van der Waals surface area contributed by atoms with Crippen molar-refractivity contribution < 1.29 is 27.7 Å². The van der Waals surface area contributed by atoms with Crippen LogP contribution < -0.4 is 0 Å². The Bertz CT molecular complexity index is 486. The molecule has 7 heteroatoms. The van der Waals surface area contributed by atoms with E-state index < -0.39 is 13.6 Å². The fourth-order valence-corrected chi connectivity index (χ4v) is 4.71. The maximum Gasteiger partial charge on any atom is 0.474 e. The molecule has 0 aliphatic heterocycles. The van der Waals surface area contributed by atoms with Crippen molar-refractivity contribution in [3.63, 3.8) is 0 Å². The first-order chi connectivity index (χ1) is 14.9. The van der Waals surface area contributed by atoms with E-state index in [-0.39, 0.29) is 18.9 Å². The summed E-state index contributed by atoms with van der Waals surface area (Å²) in [6.07, 6.45) is 10.3. The van der Waals surface area contributed by atoms with Gasteiger partial charge in [-0.3, -0.25) is 23.2 Å². The fourth-order valence-electron chi connectivity index (χ4n) is 3.31. The third kappa shape index (κ3) is 15.0. The number of hydrogen-bond acceptors (Lipinski definition) is 6. The normalized spacial score (nSPS) is 16.4. The van der Waals surface area contributed by atoms with Gasteiger partial charge in [0, 0.05) is 6.42 Å². The van der Waals surface area contributed by atoms with Gasteiger partial charge in [-0.25, -0.2) is 4.57 Å². The zero-order valence-corrected chi connectivity index (χ0v) is 21.5. The topological polar surface area (TPSA) is 78.9 Å². The molecule has 0 aromatic heterocycles. The van der Waals surface area contributed by atoms with Gasteiger partial charge >= 0.3 is 7.82 Å². The highest BCUT2D eigenvalue weighted by Gasteiger charge is 2.30. The van der Waals surface area contributed by atoms with Gasteiger partial charge < -0.3 is 0 Å².